The molecule has 1 aromatic rings. The van der Waals surface area contributed by atoms with Crippen molar-refractivity contribution in [2.45, 2.75) is 6.54 Å². The molecule has 106 valence electrons. The molecule has 1 aromatic carbocycles. The number of rotatable bonds is 9. The van der Waals surface area contributed by atoms with E-state index >= 15 is 0 Å². The summed E-state index contributed by atoms with van der Waals surface area (Å²) >= 11 is 0. The fraction of sp³-hybridized carbons (Fsp3) is 0.500. The summed E-state index contributed by atoms with van der Waals surface area (Å²) in [7, 11) is 3.09. The van der Waals surface area contributed by atoms with Gasteiger partial charge in [-0.25, -0.2) is 0 Å². The van der Waals surface area contributed by atoms with Gasteiger partial charge in [-0.3, -0.25) is 10.1 Å². The van der Waals surface area contributed by atoms with Gasteiger partial charge in [0.15, 0.2) is 12.5 Å². The predicted molar refractivity (Wildman–Crippen MR) is 69.2 cm³/mol. The Morgan fingerprint density at radius 2 is 2.11 bits per heavy atom. The van der Waals surface area contributed by atoms with Crippen LogP contribution in [0.5, 0.6) is 5.75 Å². The molecule has 0 aliphatic rings. The number of hydrogen-bond acceptors (Lipinski definition) is 6. The number of nitrogens with zero attached hydrogens (tertiary/aromatic N) is 1. The van der Waals surface area contributed by atoms with Gasteiger partial charge in [-0.2, -0.15) is 0 Å². The Morgan fingerprint density at radius 1 is 1.32 bits per heavy atom. The number of methoxy groups -OCH3 is 2. The molecule has 0 atom stereocenters. The van der Waals surface area contributed by atoms with Crippen LogP contribution in [-0.4, -0.2) is 39.1 Å². The molecule has 0 saturated carbocycles. The predicted octanol–water partition coefficient (Wildman–Crippen LogP) is 1.31. The molecule has 7 heteroatoms. The van der Waals surface area contributed by atoms with Gasteiger partial charge in [0.05, 0.1) is 11.5 Å². The Bertz CT molecular complexity index is 411. The van der Waals surface area contributed by atoms with Crippen LogP contribution in [0.2, 0.25) is 0 Å². The Morgan fingerprint density at radius 3 is 2.74 bits per heavy atom. The lowest BCUT2D eigenvalue weighted by atomic mass is 10.2. The molecule has 0 saturated heterocycles. The van der Waals surface area contributed by atoms with E-state index in [4.69, 9.17) is 14.2 Å². The molecule has 0 aliphatic carbocycles. The van der Waals surface area contributed by atoms with Crippen LogP contribution in [0.4, 0.5) is 5.69 Å². The van der Waals surface area contributed by atoms with Crippen LogP contribution in [0.15, 0.2) is 18.2 Å². The lowest BCUT2D eigenvalue weighted by molar-refractivity contribution is -0.386. The monoisotopic (exact) mass is 270 g/mol. The summed E-state index contributed by atoms with van der Waals surface area (Å²) in [5, 5.41) is 14.0. The minimum Gasteiger partial charge on any atom is -0.460 e. The standard InChI is InChI=1S/C12H18N2O5/c1-17-6-5-13-8-10-3-4-11(14(15)16)12(7-10)19-9-18-2/h3-4,7,13H,5-6,8-9H2,1-2H3. The second-order valence-electron chi connectivity index (χ2n) is 3.78. The van der Waals surface area contributed by atoms with Gasteiger partial charge in [0.25, 0.3) is 0 Å². The maximum absolute atomic E-state index is 10.8. The Balaban J connectivity index is 2.70. The lowest BCUT2D eigenvalue weighted by Crippen LogP contribution is -2.18. The van der Waals surface area contributed by atoms with Crippen LogP contribution in [-0.2, 0) is 16.0 Å². The van der Waals surface area contributed by atoms with Gasteiger partial charge in [-0.15, -0.1) is 0 Å². The number of benzene rings is 1. The first-order valence-corrected chi connectivity index (χ1v) is 5.77. The van der Waals surface area contributed by atoms with E-state index in [1.54, 1.807) is 19.2 Å². The maximum Gasteiger partial charge on any atom is 0.311 e. The van der Waals surface area contributed by atoms with Crippen molar-refractivity contribution in [3.05, 3.63) is 33.9 Å². The minimum atomic E-state index is -0.479. The topological polar surface area (TPSA) is 82.9 Å². The van der Waals surface area contributed by atoms with Gasteiger partial charge in [0, 0.05) is 33.4 Å². The zero-order valence-electron chi connectivity index (χ0n) is 11.0. The Hall–Kier alpha value is -1.70. The van der Waals surface area contributed by atoms with Gasteiger partial charge < -0.3 is 19.5 Å². The third-order valence-electron chi connectivity index (χ3n) is 2.37. The molecule has 0 fully saturated rings. The van der Waals surface area contributed by atoms with E-state index in [0.29, 0.717) is 19.7 Å². The number of nitro benzene ring substituents is 1. The smallest absolute Gasteiger partial charge is 0.311 e. The molecule has 1 N–H and O–H groups in total. The lowest BCUT2D eigenvalue weighted by Gasteiger charge is -2.08. The van der Waals surface area contributed by atoms with Crippen LogP contribution in [0.3, 0.4) is 0 Å². The fourth-order valence-electron chi connectivity index (χ4n) is 1.46. The van der Waals surface area contributed by atoms with Crippen molar-refractivity contribution >= 4 is 5.69 Å². The highest BCUT2D eigenvalue weighted by atomic mass is 16.7. The number of nitrogens with one attached hydrogen (secondary N) is 1. The van der Waals surface area contributed by atoms with E-state index in [9.17, 15) is 10.1 Å². The zero-order chi connectivity index (χ0) is 14.1. The number of nitro groups is 1. The molecule has 0 spiro atoms. The number of hydrogen-bond donors (Lipinski definition) is 1. The Labute approximate surface area is 111 Å². The normalized spacial score (nSPS) is 10.4. The quantitative estimate of drug-likeness (QED) is 0.315. The third kappa shape index (κ3) is 5.21. The summed E-state index contributed by atoms with van der Waals surface area (Å²) in [6.45, 7) is 1.88. The third-order valence-corrected chi connectivity index (χ3v) is 2.37. The van der Waals surface area contributed by atoms with Crippen molar-refractivity contribution in [2.75, 3.05) is 34.2 Å². The van der Waals surface area contributed by atoms with Crippen molar-refractivity contribution in [1.82, 2.24) is 5.32 Å². The summed E-state index contributed by atoms with van der Waals surface area (Å²) in [6, 6.07) is 4.76. The molecular formula is C12H18N2O5. The fourth-order valence-corrected chi connectivity index (χ4v) is 1.46. The van der Waals surface area contributed by atoms with E-state index in [2.05, 4.69) is 5.32 Å². The Kier molecular flexibility index (Phi) is 6.80. The first-order valence-electron chi connectivity index (χ1n) is 5.77. The van der Waals surface area contributed by atoms with Crippen LogP contribution in [0.25, 0.3) is 0 Å². The van der Waals surface area contributed by atoms with Crippen LogP contribution in [0.1, 0.15) is 5.56 Å². The van der Waals surface area contributed by atoms with E-state index in [1.807, 2.05) is 0 Å². The van der Waals surface area contributed by atoms with E-state index in [1.165, 1.54) is 13.2 Å². The van der Waals surface area contributed by atoms with E-state index in [-0.39, 0.29) is 18.2 Å². The molecule has 0 unspecified atom stereocenters. The largest absolute Gasteiger partial charge is 0.460 e. The molecular weight excluding hydrogens is 252 g/mol. The van der Waals surface area contributed by atoms with Gasteiger partial charge in [-0.1, -0.05) is 6.07 Å². The van der Waals surface area contributed by atoms with Gasteiger partial charge in [0.1, 0.15) is 0 Å². The van der Waals surface area contributed by atoms with Crippen molar-refractivity contribution in [3.63, 3.8) is 0 Å². The molecule has 1 rings (SSSR count). The molecule has 0 heterocycles. The van der Waals surface area contributed by atoms with Crippen LogP contribution < -0.4 is 10.1 Å². The second-order valence-corrected chi connectivity index (χ2v) is 3.78. The van der Waals surface area contributed by atoms with Gasteiger partial charge in [-0.05, 0) is 11.6 Å². The molecule has 0 amide bonds. The van der Waals surface area contributed by atoms with Crippen molar-refractivity contribution in [3.8, 4) is 5.75 Å². The SMILES string of the molecule is COCCNCc1ccc([N+](=O)[O-])c(OCOC)c1. The summed E-state index contributed by atoms with van der Waals surface area (Å²) in [5.74, 6) is 0.206. The summed E-state index contributed by atoms with van der Waals surface area (Å²) in [5.41, 5.74) is 0.825. The van der Waals surface area contributed by atoms with Crippen molar-refractivity contribution < 1.29 is 19.1 Å². The highest BCUT2D eigenvalue weighted by Crippen LogP contribution is 2.27. The molecule has 7 nitrogen and oxygen atoms in total. The highest BCUT2D eigenvalue weighted by Gasteiger charge is 2.15. The van der Waals surface area contributed by atoms with Gasteiger partial charge in [0.2, 0.25) is 0 Å². The average Bonchev–Trinajstić information content (AvgIpc) is 2.41. The van der Waals surface area contributed by atoms with Gasteiger partial charge >= 0.3 is 5.69 Å². The van der Waals surface area contributed by atoms with Crippen LogP contribution >= 0.6 is 0 Å². The zero-order valence-corrected chi connectivity index (χ0v) is 11.0. The summed E-state index contributed by atoms with van der Waals surface area (Å²) < 4.78 is 14.9. The number of ether oxygens (including phenoxy) is 3. The first-order chi connectivity index (χ1) is 9.19. The van der Waals surface area contributed by atoms with E-state index < -0.39 is 4.92 Å². The van der Waals surface area contributed by atoms with Crippen molar-refractivity contribution in [1.29, 1.82) is 0 Å². The molecule has 19 heavy (non-hydrogen) atoms. The minimum absolute atomic E-state index is 0.0264. The summed E-state index contributed by atoms with van der Waals surface area (Å²) in [6.07, 6.45) is 0. The summed E-state index contributed by atoms with van der Waals surface area (Å²) in [4.78, 5) is 10.4. The highest BCUT2D eigenvalue weighted by molar-refractivity contribution is 5.48. The molecule has 0 aliphatic heterocycles. The molecule has 0 bridgehead atoms. The molecule has 0 radical (unpaired) electrons. The van der Waals surface area contributed by atoms with E-state index in [0.717, 1.165) is 5.56 Å². The van der Waals surface area contributed by atoms with Crippen LogP contribution in [0, 0.1) is 10.1 Å². The first kappa shape index (κ1) is 15.4. The second kappa shape index (κ2) is 8.41. The average molecular weight is 270 g/mol. The molecule has 0 aromatic heterocycles. The van der Waals surface area contributed by atoms with Crippen molar-refractivity contribution in [2.24, 2.45) is 0 Å². The maximum atomic E-state index is 10.8.